The minimum atomic E-state index is 0.0526. The lowest BCUT2D eigenvalue weighted by Gasteiger charge is -2.08. The molecular weight excluding hydrogens is 360 g/mol. The quantitative estimate of drug-likeness (QED) is 0.628. The van der Waals surface area contributed by atoms with Crippen molar-refractivity contribution in [3.8, 4) is 5.69 Å². The van der Waals surface area contributed by atoms with Gasteiger partial charge in [0.2, 0.25) is 0 Å². The van der Waals surface area contributed by atoms with E-state index in [4.69, 9.17) is 11.1 Å². The van der Waals surface area contributed by atoms with Gasteiger partial charge in [0, 0.05) is 10.0 Å². The summed E-state index contributed by atoms with van der Waals surface area (Å²) >= 11 is 7.00. The Bertz CT molecular complexity index is 631. The molecule has 0 aliphatic carbocycles. The number of rotatable bonds is 2. The third-order valence-electron chi connectivity index (χ3n) is 2.69. The van der Waals surface area contributed by atoms with Crippen molar-refractivity contribution in [3.05, 3.63) is 44.1 Å². The van der Waals surface area contributed by atoms with Crippen LogP contribution in [0.2, 0.25) is 0 Å². The van der Waals surface area contributed by atoms with Gasteiger partial charge in [-0.1, -0.05) is 0 Å². The first-order valence-corrected chi connectivity index (χ1v) is 6.86. The molecule has 94 valence electrons. The molecular formula is C12H12Br2N4. The van der Waals surface area contributed by atoms with Crippen molar-refractivity contribution in [2.75, 3.05) is 0 Å². The van der Waals surface area contributed by atoms with Gasteiger partial charge in [-0.2, -0.15) is 5.10 Å². The minimum Gasteiger partial charge on any atom is -0.384 e. The first kappa shape index (κ1) is 13.3. The number of aryl methyl sites for hydroxylation is 1. The van der Waals surface area contributed by atoms with E-state index in [1.54, 1.807) is 0 Å². The molecule has 2 aromatic rings. The molecule has 0 bridgehead atoms. The molecule has 0 aliphatic heterocycles. The third kappa shape index (κ3) is 2.22. The summed E-state index contributed by atoms with van der Waals surface area (Å²) in [6.45, 7) is 3.95. The fourth-order valence-electron chi connectivity index (χ4n) is 1.70. The number of nitrogen functional groups attached to an aromatic ring is 1. The van der Waals surface area contributed by atoms with Gasteiger partial charge in [0.15, 0.2) is 0 Å². The van der Waals surface area contributed by atoms with Gasteiger partial charge >= 0.3 is 0 Å². The van der Waals surface area contributed by atoms with Crippen LogP contribution in [-0.2, 0) is 0 Å². The second kappa shape index (κ2) is 4.85. The second-order valence-corrected chi connectivity index (χ2v) is 5.62. The summed E-state index contributed by atoms with van der Waals surface area (Å²) in [5.41, 5.74) is 9.04. The summed E-state index contributed by atoms with van der Waals surface area (Å²) in [7, 11) is 0. The lowest BCUT2D eigenvalue weighted by Crippen LogP contribution is -2.11. The van der Waals surface area contributed by atoms with Crippen molar-refractivity contribution in [1.29, 1.82) is 5.41 Å². The van der Waals surface area contributed by atoms with Gasteiger partial charge in [-0.15, -0.1) is 0 Å². The summed E-state index contributed by atoms with van der Waals surface area (Å²) in [5, 5.41) is 11.9. The standard InChI is InChI=1S/C12H12Br2N4/c1-6-11(14)7(2)18(17-6)10-4-3-8(12(15)16)5-9(10)13/h3-5H,1-2H3,(H3,15,16). The van der Waals surface area contributed by atoms with E-state index in [0.717, 1.165) is 26.0 Å². The number of nitrogens with zero attached hydrogens (tertiary/aromatic N) is 2. The Morgan fingerprint density at radius 3 is 2.44 bits per heavy atom. The molecule has 0 aliphatic rings. The van der Waals surface area contributed by atoms with Crippen molar-refractivity contribution < 1.29 is 0 Å². The van der Waals surface area contributed by atoms with E-state index in [0.29, 0.717) is 5.56 Å². The molecule has 0 saturated carbocycles. The van der Waals surface area contributed by atoms with Crippen molar-refractivity contribution in [2.45, 2.75) is 13.8 Å². The third-order valence-corrected chi connectivity index (χ3v) is 4.47. The highest BCUT2D eigenvalue weighted by atomic mass is 79.9. The summed E-state index contributed by atoms with van der Waals surface area (Å²) < 4.78 is 3.71. The van der Waals surface area contributed by atoms with E-state index in [9.17, 15) is 0 Å². The molecule has 0 unspecified atom stereocenters. The molecule has 1 aromatic heterocycles. The number of nitrogens with two attached hydrogens (primary N) is 1. The van der Waals surface area contributed by atoms with Crippen LogP contribution in [0.25, 0.3) is 5.69 Å². The lowest BCUT2D eigenvalue weighted by atomic mass is 10.2. The topological polar surface area (TPSA) is 67.7 Å². The van der Waals surface area contributed by atoms with Crippen molar-refractivity contribution in [3.63, 3.8) is 0 Å². The Hall–Kier alpha value is -1.14. The van der Waals surface area contributed by atoms with Crippen LogP contribution >= 0.6 is 31.9 Å². The number of hydrogen-bond acceptors (Lipinski definition) is 2. The Morgan fingerprint density at radius 2 is 2.00 bits per heavy atom. The maximum atomic E-state index is 7.41. The van der Waals surface area contributed by atoms with Crippen LogP contribution in [-0.4, -0.2) is 15.6 Å². The summed E-state index contributed by atoms with van der Waals surface area (Å²) in [4.78, 5) is 0. The minimum absolute atomic E-state index is 0.0526. The van der Waals surface area contributed by atoms with Crippen LogP contribution in [0.1, 0.15) is 17.0 Å². The van der Waals surface area contributed by atoms with Crippen molar-refractivity contribution in [1.82, 2.24) is 9.78 Å². The van der Waals surface area contributed by atoms with Crippen molar-refractivity contribution >= 4 is 37.7 Å². The number of hydrogen-bond donors (Lipinski definition) is 2. The second-order valence-electron chi connectivity index (χ2n) is 3.98. The maximum absolute atomic E-state index is 7.41. The van der Waals surface area contributed by atoms with E-state index in [2.05, 4.69) is 37.0 Å². The SMILES string of the molecule is Cc1nn(-c2ccc(C(=N)N)cc2Br)c(C)c1Br. The van der Waals surface area contributed by atoms with Crippen LogP contribution < -0.4 is 5.73 Å². The Morgan fingerprint density at radius 1 is 1.33 bits per heavy atom. The number of aromatic nitrogens is 2. The molecule has 3 N–H and O–H groups in total. The zero-order valence-corrected chi connectivity index (χ0v) is 13.1. The van der Waals surface area contributed by atoms with Gasteiger partial charge in [-0.3, -0.25) is 5.41 Å². The summed E-state index contributed by atoms with van der Waals surface area (Å²) in [6.07, 6.45) is 0. The van der Waals surface area contributed by atoms with Crippen LogP contribution in [0.5, 0.6) is 0 Å². The van der Waals surface area contributed by atoms with Gasteiger partial charge < -0.3 is 5.73 Å². The van der Waals surface area contributed by atoms with Gasteiger partial charge in [0.1, 0.15) is 5.84 Å². The van der Waals surface area contributed by atoms with Crippen LogP contribution in [0, 0.1) is 19.3 Å². The maximum Gasteiger partial charge on any atom is 0.122 e. The zero-order chi connectivity index (χ0) is 13.4. The normalized spacial score (nSPS) is 10.7. The highest BCUT2D eigenvalue weighted by molar-refractivity contribution is 9.11. The Labute approximate surface area is 122 Å². The monoisotopic (exact) mass is 370 g/mol. The summed E-state index contributed by atoms with van der Waals surface area (Å²) in [5.74, 6) is 0.0526. The van der Waals surface area contributed by atoms with Gasteiger partial charge in [-0.25, -0.2) is 4.68 Å². The number of benzene rings is 1. The van der Waals surface area contributed by atoms with Crippen molar-refractivity contribution in [2.24, 2.45) is 5.73 Å². The van der Waals surface area contributed by atoms with Gasteiger partial charge in [0.25, 0.3) is 0 Å². The van der Waals surface area contributed by atoms with Gasteiger partial charge in [0.05, 0.1) is 21.5 Å². The molecule has 1 heterocycles. The molecule has 6 heteroatoms. The Balaban J connectivity index is 2.58. The number of nitrogens with one attached hydrogen (secondary N) is 1. The fourth-order valence-corrected chi connectivity index (χ4v) is 2.50. The molecule has 0 atom stereocenters. The first-order valence-electron chi connectivity index (χ1n) is 5.28. The molecule has 0 amide bonds. The van der Waals surface area contributed by atoms with Crippen LogP contribution in [0.15, 0.2) is 27.1 Å². The van der Waals surface area contributed by atoms with Gasteiger partial charge in [-0.05, 0) is 63.9 Å². The zero-order valence-electron chi connectivity index (χ0n) is 9.96. The van der Waals surface area contributed by atoms with E-state index >= 15 is 0 Å². The van der Waals surface area contributed by atoms with E-state index in [-0.39, 0.29) is 5.84 Å². The largest absolute Gasteiger partial charge is 0.384 e. The average Bonchev–Trinajstić information content (AvgIpc) is 2.57. The molecule has 0 saturated heterocycles. The summed E-state index contributed by atoms with van der Waals surface area (Å²) in [6, 6.07) is 5.53. The highest BCUT2D eigenvalue weighted by Crippen LogP contribution is 2.27. The van der Waals surface area contributed by atoms with Crippen LogP contribution in [0.4, 0.5) is 0 Å². The molecule has 4 nitrogen and oxygen atoms in total. The van der Waals surface area contributed by atoms with E-state index < -0.39 is 0 Å². The molecule has 0 spiro atoms. The van der Waals surface area contributed by atoms with Crippen LogP contribution in [0.3, 0.4) is 0 Å². The Kier molecular flexibility index (Phi) is 3.59. The molecule has 2 rings (SSSR count). The lowest BCUT2D eigenvalue weighted by molar-refractivity contribution is 0.829. The van der Waals surface area contributed by atoms with E-state index in [1.165, 1.54) is 0 Å². The molecule has 0 radical (unpaired) electrons. The number of amidine groups is 1. The molecule has 0 fully saturated rings. The molecule has 18 heavy (non-hydrogen) atoms. The first-order chi connectivity index (χ1) is 8.41. The average molecular weight is 372 g/mol. The van der Waals surface area contributed by atoms with E-state index in [1.807, 2.05) is 36.7 Å². The smallest absolute Gasteiger partial charge is 0.122 e. The predicted octanol–water partition coefficient (Wildman–Crippen LogP) is 3.30. The predicted molar refractivity (Wildman–Crippen MR) is 79.5 cm³/mol. The highest BCUT2D eigenvalue weighted by Gasteiger charge is 2.13. The number of halogens is 2. The molecule has 1 aromatic carbocycles. The fraction of sp³-hybridized carbons (Fsp3) is 0.167.